The number of nitrogens with one attached hydrogen (secondary N) is 1. The number of hydrogen-bond donors (Lipinski definition) is 2. The average Bonchev–Trinajstić information content (AvgIpc) is 2.45. The predicted molar refractivity (Wildman–Crippen MR) is 72.8 cm³/mol. The van der Waals surface area contributed by atoms with E-state index >= 15 is 0 Å². The van der Waals surface area contributed by atoms with Crippen molar-refractivity contribution in [2.24, 2.45) is 0 Å². The van der Waals surface area contributed by atoms with Crippen LogP contribution in [0.3, 0.4) is 0 Å². The van der Waals surface area contributed by atoms with Gasteiger partial charge in [-0.1, -0.05) is 6.07 Å². The molecule has 3 N–H and O–H groups in total. The topological polar surface area (TPSA) is 77.2 Å². The molecule has 0 bridgehead atoms. The molecule has 2 aromatic rings. The summed E-state index contributed by atoms with van der Waals surface area (Å²) in [6, 6.07) is 7.43. The van der Waals surface area contributed by atoms with Crippen molar-refractivity contribution < 1.29 is 13.9 Å². The fourth-order valence-electron chi connectivity index (χ4n) is 1.73. The van der Waals surface area contributed by atoms with E-state index in [0.717, 1.165) is 6.07 Å². The van der Waals surface area contributed by atoms with Gasteiger partial charge >= 0.3 is 0 Å². The molecule has 0 fully saturated rings. The number of carbonyl (C=O) groups excluding carboxylic acids is 1. The highest BCUT2D eigenvalue weighted by Gasteiger charge is 2.12. The second-order valence-corrected chi connectivity index (χ2v) is 4.09. The molecule has 2 rings (SSSR count). The Bertz CT molecular complexity index is 632. The van der Waals surface area contributed by atoms with E-state index in [-0.39, 0.29) is 17.8 Å². The van der Waals surface area contributed by atoms with Crippen LogP contribution in [0, 0.1) is 5.82 Å². The normalized spacial score (nSPS) is 10.1. The van der Waals surface area contributed by atoms with Crippen LogP contribution < -0.4 is 15.8 Å². The summed E-state index contributed by atoms with van der Waals surface area (Å²) < 4.78 is 18.7. The maximum atomic E-state index is 13.6. The number of nitrogen functional groups attached to an aromatic ring is 1. The van der Waals surface area contributed by atoms with Crippen LogP contribution in [0.2, 0.25) is 0 Å². The lowest BCUT2D eigenvalue weighted by Gasteiger charge is -2.09. The van der Waals surface area contributed by atoms with Crippen molar-refractivity contribution in [2.45, 2.75) is 6.54 Å². The molecule has 104 valence electrons. The summed E-state index contributed by atoms with van der Waals surface area (Å²) >= 11 is 0. The molecule has 20 heavy (non-hydrogen) atoms. The summed E-state index contributed by atoms with van der Waals surface area (Å²) in [5.74, 6) is -0.750. The van der Waals surface area contributed by atoms with E-state index in [0.29, 0.717) is 11.4 Å². The highest BCUT2D eigenvalue weighted by atomic mass is 19.1. The Morgan fingerprint density at radius 3 is 2.95 bits per heavy atom. The summed E-state index contributed by atoms with van der Waals surface area (Å²) in [5.41, 5.74) is 6.36. The minimum Gasteiger partial charge on any atom is -0.481 e. The van der Waals surface area contributed by atoms with Crippen LogP contribution in [-0.4, -0.2) is 18.0 Å². The summed E-state index contributed by atoms with van der Waals surface area (Å²) in [6.45, 7) is 0.194. The number of amides is 1. The number of benzene rings is 1. The van der Waals surface area contributed by atoms with Crippen molar-refractivity contribution in [2.75, 3.05) is 12.8 Å². The Morgan fingerprint density at radius 1 is 1.45 bits per heavy atom. The molecule has 1 aromatic heterocycles. The molecular formula is C14H14FN3O2. The number of pyridine rings is 1. The molecule has 0 aliphatic heterocycles. The van der Waals surface area contributed by atoms with Crippen molar-refractivity contribution in [3.05, 3.63) is 53.5 Å². The first-order valence-electron chi connectivity index (χ1n) is 5.93. The number of nitrogens with two attached hydrogens (primary N) is 1. The van der Waals surface area contributed by atoms with Crippen LogP contribution in [0.1, 0.15) is 15.9 Å². The monoisotopic (exact) mass is 275 g/mol. The van der Waals surface area contributed by atoms with Crippen molar-refractivity contribution in [1.82, 2.24) is 10.3 Å². The zero-order chi connectivity index (χ0) is 14.5. The Balaban J connectivity index is 2.09. The number of anilines is 1. The fraction of sp³-hybridized carbons (Fsp3) is 0.143. The first-order chi connectivity index (χ1) is 9.61. The maximum Gasteiger partial charge on any atom is 0.254 e. The largest absolute Gasteiger partial charge is 0.481 e. The lowest BCUT2D eigenvalue weighted by Crippen LogP contribution is -2.24. The zero-order valence-corrected chi connectivity index (χ0v) is 10.9. The highest BCUT2D eigenvalue weighted by Crippen LogP contribution is 2.15. The summed E-state index contributed by atoms with van der Waals surface area (Å²) in [5, 5.41) is 2.61. The van der Waals surface area contributed by atoms with Gasteiger partial charge in [0.05, 0.1) is 12.7 Å². The molecule has 0 saturated carbocycles. The molecule has 0 aliphatic carbocycles. The van der Waals surface area contributed by atoms with Gasteiger partial charge in [-0.3, -0.25) is 4.79 Å². The lowest BCUT2D eigenvalue weighted by molar-refractivity contribution is 0.0946. The first kappa shape index (κ1) is 13.8. The number of halogens is 1. The van der Waals surface area contributed by atoms with Gasteiger partial charge in [0, 0.05) is 24.0 Å². The summed E-state index contributed by atoms with van der Waals surface area (Å²) in [4.78, 5) is 15.9. The van der Waals surface area contributed by atoms with Gasteiger partial charge in [-0.25, -0.2) is 9.37 Å². The van der Waals surface area contributed by atoms with Crippen LogP contribution in [0.15, 0.2) is 36.5 Å². The number of methoxy groups -OCH3 is 1. The van der Waals surface area contributed by atoms with E-state index in [2.05, 4.69) is 10.3 Å². The molecule has 0 aliphatic rings. The van der Waals surface area contributed by atoms with E-state index < -0.39 is 11.7 Å². The van der Waals surface area contributed by atoms with Gasteiger partial charge in [0.2, 0.25) is 5.88 Å². The van der Waals surface area contributed by atoms with Crippen molar-refractivity contribution in [1.29, 1.82) is 0 Å². The third-order valence-corrected chi connectivity index (χ3v) is 2.72. The fourth-order valence-corrected chi connectivity index (χ4v) is 1.73. The van der Waals surface area contributed by atoms with Crippen molar-refractivity contribution in [3.8, 4) is 5.88 Å². The third-order valence-electron chi connectivity index (χ3n) is 2.72. The number of nitrogens with zero attached hydrogens (tertiary/aromatic N) is 1. The van der Waals surface area contributed by atoms with Crippen LogP contribution >= 0.6 is 0 Å². The molecule has 0 atom stereocenters. The average molecular weight is 275 g/mol. The molecule has 6 heteroatoms. The molecule has 1 amide bonds. The number of ether oxygens (including phenoxy) is 1. The second-order valence-electron chi connectivity index (χ2n) is 4.09. The number of hydrogen-bond acceptors (Lipinski definition) is 4. The van der Waals surface area contributed by atoms with Gasteiger partial charge in [0.25, 0.3) is 5.91 Å². The number of carbonyl (C=O) groups is 1. The van der Waals surface area contributed by atoms with E-state index in [1.807, 2.05) is 0 Å². The van der Waals surface area contributed by atoms with Gasteiger partial charge in [-0.05, 0) is 24.3 Å². The Kier molecular flexibility index (Phi) is 4.14. The smallest absolute Gasteiger partial charge is 0.254 e. The van der Waals surface area contributed by atoms with E-state index in [1.165, 1.54) is 19.2 Å². The zero-order valence-electron chi connectivity index (χ0n) is 10.9. The molecule has 0 unspecified atom stereocenters. The van der Waals surface area contributed by atoms with Gasteiger partial charge in [0.1, 0.15) is 5.82 Å². The number of aromatic nitrogens is 1. The molecule has 0 saturated heterocycles. The molecule has 1 heterocycles. The molecule has 1 aromatic carbocycles. The SMILES string of the molecule is COc1ncccc1CNC(=O)c1ccc(N)cc1F. The number of rotatable bonds is 4. The third kappa shape index (κ3) is 3.03. The van der Waals surface area contributed by atoms with E-state index in [4.69, 9.17) is 10.5 Å². The minimum absolute atomic E-state index is 0.0537. The molecule has 5 nitrogen and oxygen atoms in total. The van der Waals surface area contributed by atoms with Gasteiger partial charge in [-0.2, -0.15) is 0 Å². The van der Waals surface area contributed by atoms with Crippen LogP contribution in [0.4, 0.5) is 10.1 Å². The quantitative estimate of drug-likeness (QED) is 0.833. The Labute approximate surface area is 115 Å². The standard InChI is InChI=1S/C14H14FN3O2/c1-20-14-9(3-2-6-17-14)8-18-13(19)11-5-4-10(16)7-12(11)15/h2-7H,8,16H2,1H3,(H,18,19). The maximum absolute atomic E-state index is 13.6. The summed E-state index contributed by atoms with van der Waals surface area (Å²) in [7, 11) is 1.49. The predicted octanol–water partition coefficient (Wildman–Crippen LogP) is 1.74. The minimum atomic E-state index is -0.652. The highest BCUT2D eigenvalue weighted by molar-refractivity contribution is 5.94. The van der Waals surface area contributed by atoms with E-state index in [1.54, 1.807) is 18.3 Å². The summed E-state index contributed by atoms with van der Waals surface area (Å²) in [6.07, 6.45) is 1.59. The molecule has 0 radical (unpaired) electrons. The van der Waals surface area contributed by atoms with Gasteiger partial charge < -0.3 is 15.8 Å². The van der Waals surface area contributed by atoms with Crippen molar-refractivity contribution in [3.63, 3.8) is 0 Å². The van der Waals surface area contributed by atoms with Crippen LogP contribution in [0.5, 0.6) is 5.88 Å². The Morgan fingerprint density at radius 2 is 2.25 bits per heavy atom. The van der Waals surface area contributed by atoms with E-state index in [9.17, 15) is 9.18 Å². The van der Waals surface area contributed by atoms with Crippen LogP contribution in [0.25, 0.3) is 0 Å². The molecular weight excluding hydrogens is 261 g/mol. The van der Waals surface area contributed by atoms with Crippen molar-refractivity contribution >= 4 is 11.6 Å². The van der Waals surface area contributed by atoms with Crippen LogP contribution in [-0.2, 0) is 6.54 Å². The second kappa shape index (κ2) is 6.01. The first-order valence-corrected chi connectivity index (χ1v) is 5.93. The van der Waals surface area contributed by atoms with Gasteiger partial charge in [0.15, 0.2) is 0 Å². The lowest BCUT2D eigenvalue weighted by atomic mass is 10.1. The Hall–Kier alpha value is -2.63. The molecule has 0 spiro atoms. The van der Waals surface area contributed by atoms with Gasteiger partial charge in [-0.15, -0.1) is 0 Å².